The Labute approximate surface area is 226 Å². The number of nitrogens with zero attached hydrogens (tertiary/aromatic N) is 4. The number of carbonyl (C=O) groups is 3. The maximum atomic E-state index is 13.6. The zero-order valence-electron chi connectivity index (χ0n) is 20.7. The maximum absolute atomic E-state index is 13.6. The zero-order chi connectivity index (χ0) is 26.4. The van der Waals surface area contributed by atoms with Crippen LogP contribution in [-0.4, -0.2) is 81.5 Å². The van der Waals surface area contributed by atoms with E-state index in [2.05, 4.69) is 11.2 Å². The lowest BCUT2D eigenvalue weighted by atomic mass is 10.0. The molecule has 2 heterocycles. The van der Waals surface area contributed by atoms with Crippen LogP contribution in [0.1, 0.15) is 17.5 Å². The molecule has 2 atom stereocenters. The van der Waals surface area contributed by atoms with Crippen LogP contribution in [0, 0.1) is 12.3 Å². The molecule has 194 valence electrons. The molecule has 1 N–H and O–H groups in total. The van der Waals surface area contributed by atoms with E-state index in [0.717, 1.165) is 11.1 Å². The van der Waals surface area contributed by atoms with Crippen molar-refractivity contribution >= 4 is 41.2 Å². The molecule has 0 radical (unpaired) electrons. The lowest BCUT2D eigenvalue weighted by Gasteiger charge is -2.55. The van der Waals surface area contributed by atoms with Crippen molar-refractivity contribution in [3.63, 3.8) is 0 Å². The molecule has 4 amide bonds. The van der Waals surface area contributed by atoms with Gasteiger partial charge >= 0.3 is 6.03 Å². The number of hydrogen-bond acceptors (Lipinski definition) is 5. The SMILES string of the molecule is C#CCN1CC(=O)N2[C@@H](CCSC)C(=O)N(Cc3cccc(Cl)c3)C[C@@H]2N1C(=O)NCc1ccccc1. The average molecular weight is 540 g/mol. The number of amides is 4. The van der Waals surface area contributed by atoms with Crippen molar-refractivity contribution in [2.75, 3.05) is 31.6 Å². The molecule has 4 rings (SSSR count). The summed E-state index contributed by atoms with van der Waals surface area (Å²) >= 11 is 7.79. The van der Waals surface area contributed by atoms with Crippen LogP contribution in [0.5, 0.6) is 0 Å². The lowest BCUT2D eigenvalue weighted by molar-refractivity contribution is -0.189. The minimum absolute atomic E-state index is 0.0726. The van der Waals surface area contributed by atoms with Gasteiger partial charge in [-0.3, -0.25) is 9.59 Å². The number of urea groups is 1. The van der Waals surface area contributed by atoms with Crippen molar-refractivity contribution in [3.8, 4) is 12.3 Å². The molecule has 2 aromatic carbocycles. The van der Waals surface area contributed by atoms with Crippen molar-refractivity contribution in [3.05, 3.63) is 70.7 Å². The predicted octanol–water partition coefficient (Wildman–Crippen LogP) is 3.03. The smallest absolute Gasteiger partial charge is 0.333 e. The first-order valence-electron chi connectivity index (χ1n) is 12.1. The van der Waals surface area contributed by atoms with E-state index in [1.54, 1.807) is 32.6 Å². The summed E-state index contributed by atoms with van der Waals surface area (Å²) < 4.78 is 0. The van der Waals surface area contributed by atoms with Gasteiger partial charge in [-0.15, -0.1) is 6.42 Å². The minimum atomic E-state index is -0.686. The van der Waals surface area contributed by atoms with Gasteiger partial charge in [0.25, 0.3) is 0 Å². The van der Waals surface area contributed by atoms with E-state index in [1.807, 2.05) is 54.8 Å². The number of nitrogens with one attached hydrogen (secondary N) is 1. The number of rotatable bonds is 8. The fourth-order valence-corrected chi connectivity index (χ4v) is 5.47. The Bertz CT molecular complexity index is 1170. The maximum Gasteiger partial charge on any atom is 0.334 e. The summed E-state index contributed by atoms with van der Waals surface area (Å²) in [6.45, 7) is 0.820. The van der Waals surface area contributed by atoms with E-state index < -0.39 is 12.2 Å². The first-order chi connectivity index (χ1) is 17.9. The number of benzene rings is 2. The molecule has 2 aliphatic heterocycles. The third-order valence-electron chi connectivity index (χ3n) is 6.46. The van der Waals surface area contributed by atoms with Crippen molar-refractivity contribution in [2.45, 2.75) is 31.7 Å². The molecule has 0 spiro atoms. The van der Waals surface area contributed by atoms with Crippen LogP contribution in [-0.2, 0) is 22.7 Å². The highest BCUT2D eigenvalue weighted by Crippen LogP contribution is 2.29. The second kappa shape index (κ2) is 12.4. The summed E-state index contributed by atoms with van der Waals surface area (Å²) in [5.74, 6) is 2.91. The first-order valence-corrected chi connectivity index (χ1v) is 13.8. The van der Waals surface area contributed by atoms with E-state index in [0.29, 0.717) is 30.3 Å². The number of thioether (sulfide) groups is 1. The Hall–Kier alpha value is -3.19. The fourth-order valence-electron chi connectivity index (χ4n) is 4.80. The molecular weight excluding hydrogens is 510 g/mol. The zero-order valence-corrected chi connectivity index (χ0v) is 22.3. The Kier molecular flexibility index (Phi) is 8.98. The summed E-state index contributed by atoms with van der Waals surface area (Å²) in [5.41, 5.74) is 1.82. The van der Waals surface area contributed by atoms with Crippen molar-refractivity contribution in [1.29, 1.82) is 0 Å². The Balaban J connectivity index is 1.65. The second-order valence-electron chi connectivity index (χ2n) is 8.94. The first kappa shape index (κ1) is 26.9. The third-order valence-corrected chi connectivity index (χ3v) is 7.34. The normalized spacial score (nSPS) is 20.0. The van der Waals surface area contributed by atoms with Crippen LogP contribution < -0.4 is 5.32 Å². The van der Waals surface area contributed by atoms with E-state index in [4.69, 9.17) is 18.0 Å². The van der Waals surface area contributed by atoms with Crippen LogP contribution in [0.15, 0.2) is 54.6 Å². The van der Waals surface area contributed by atoms with Crippen LogP contribution in [0.25, 0.3) is 0 Å². The van der Waals surface area contributed by atoms with E-state index in [1.165, 1.54) is 5.01 Å². The Morgan fingerprint density at radius 3 is 2.62 bits per heavy atom. The number of hydrazine groups is 1. The van der Waals surface area contributed by atoms with Crippen LogP contribution in [0.2, 0.25) is 5.02 Å². The number of terminal acetylenes is 1. The molecule has 10 heteroatoms. The summed E-state index contributed by atoms with van der Waals surface area (Å²) in [6.07, 6.45) is 7.37. The monoisotopic (exact) mass is 539 g/mol. The molecule has 2 aliphatic rings. The Morgan fingerprint density at radius 2 is 1.92 bits per heavy atom. The molecule has 0 aromatic heterocycles. The van der Waals surface area contributed by atoms with Gasteiger partial charge in [-0.05, 0) is 41.7 Å². The van der Waals surface area contributed by atoms with Gasteiger partial charge in [-0.25, -0.2) is 9.80 Å². The molecule has 37 heavy (non-hydrogen) atoms. The van der Waals surface area contributed by atoms with Gasteiger partial charge in [-0.1, -0.05) is 60.0 Å². The molecule has 0 bridgehead atoms. The number of fused-ring (bicyclic) bond motifs is 1. The summed E-state index contributed by atoms with van der Waals surface area (Å²) in [4.78, 5) is 43.9. The standard InChI is InChI=1S/C27H30ClN5O3S/c1-3-13-31-19-25(34)32-23(12-14-37-2)26(35)30(17-21-10-7-11-22(28)15-21)18-24(32)33(31)27(36)29-16-20-8-5-4-6-9-20/h1,4-11,15,23-24H,12-14,16-19H2,2H3,(H,29,36)/t23-,24-/m0/s1. The summed E-state index contributed by atoms with van der Waals surface area (Å²) in [7, 11) is 0. The van der Waals surface area contributed by atoms with Gasteiger partial charge in [0.05, 0.1) is 19.6 Å². The lowest BCUT2D eigenvalue weighted by Crippen LogP contribution is -2.76. The highest BCUT2D eigenvalue weighted by molar-refractivity contribution is 7.98. The summed E-state index contributed by atoms with van der Waals surface area (Å²) in [5, 5.41) is 6.65. The van der Waals surface area contributed by atoms with E-state index in [9.17, 15) is 14.4 Å². The highest BCUT2D eigenvalue weighted by atomic mass is 35.5. The van der Waals surface area contributed by atoms with Gasteiger partial charge in [0.15, 0.2) is 0 Å². The number of halogens is 1. The molecular formula is C27H30ClN5O3S. The van der Waals surface area contributed by atoms with E-state index >= 15 is 0 Å². The van der Waals surface area contributed by atoms with Crippen LogP contribution in [0.3, 0.4) is 0 Å². The second-order valence-corrected chi connectivity index (χ2v) is 10.4. The van der Waals surface area contributed by atoms with E-state index in [-0.39, 0.29) is 37.5 Å². The topological polar surface area (TPSA) is 76.2 Å². The van der Waals surface area contributed by atoms with Crippen molar-refractivity contribution in [2.24, 2.45) is 0 Å². The average Bonchev–Trinajstić information content (AvgIpc) is 2.88. The van der Waals surface area contributed by atoms with Gasteiger partial charge in [0.1, 0.15) is 12.2 Å². The number of hydrogen-bond donors (Lipinski definition) is 1. The summed E-state index contributed by atoms with van der Waals surface area (Å²) in [6, 6.07) is 15.9. The highest BCUT2D eigenvalue weighted by Gasteiger charge is 2.51. The minimum Gasteiger partial charge on any atom is -0.333 e. The van der Waals surface area contributed by atoms with Crippen LogP contribution >= 0.6 is 23.4 Å². The molecule has 2 aromatic rings. The number of piperazine rings is 1. The van der Waals surface area contributed by atoms with Gasteiger partial charge in [0.2, 0.25) is 11.8 Å². The quantitative estimate of drug-likeness (QED) is 0.522. The predicted molar refractivity (Wildman–Crippen MR) is 145 cm³/mol. The molecule has 2 fully saturated rings. The van der Waals surface area contributed by atoms with Crippen molar-refractivity contribution < 1.29 is 14.4 Å². The van der Waals surface area contributed by atoms with Gasteiger partial charge in [-0.2, -0.15) is 16.8 Å². The number of carbonyl (C=O) groups excluding carboxylic acids is 3. The van der Waals surface area contributed by atoms with Crippen molar-refractivity contribution in [1.82, 2.24) is 25.1 Å². The fraction of sp³-hybridized carbons (Fsp3) is 0.370. The molecule has 0 unspecified atom stereocenters. The van der Waals surface area contributed by atoms with Gasteiger partial charge < -0.3 is 15.1 Å². The molecule has 0 aliphatic carbocycles. The molecule has 8 nitrogen and oxygen atoms in total. The molecule has 0 saturated carbocycles. The Morgan fingerprint density at radius 1 is 1.16 bits per heavy atom. The van der Waals surface area contributed by atoms with Crippen LogP contribution in [0.4, 0.5) is 4.79 Å². The van der Waals surface area contributed by atoms with Gasteiger partial charge in [0, 0.05) is 18.1 Å². The third kappa shape index (κ3) is 6.21. The largest absolute Gasteiger partial charge is 0.334 e. The molecule has 2 saturated heterocycles.